The number of carbonyl (C=O) groups excluding carboxylic acids is 4. The Labute approximate surface area is 305 Å². The molecule has 4 aromatic rings. The number of nitrogens with two attached hydrogens (primary N) is 2. The van der Waals surface area contributed by atoms with Crippen LogP contribution in [0, 0.1) is 11.8 Å². The van der Waals surface area contributed by atoms with Gasteiger partial charge in [0.2, 0.25) is 5.91 Å². The van der Waals surface area contributed by atoms with Gasteiger partial charge in [0, 0.05) is 43.8 Å². The number of urea groups is 1. The van der Waals surface area contributed by atoms with Crippen LogP contribution in [0.15, 0.2) is 48.5 Å². The molecule has 0 saturated heterocycles. The number of aryl methyl sites for hydroxylation is 1. The Hall–Kier alpha value is -5.20. The van der Waals surface area contributed by atoms with Crippen molar-refractivity contribution in [2.45, 2.75) is 105 Å². The number of Topliss-reactive ketones (excluding diaryl/α,β-unsaturated/α-hetero) is 1. The monoisotopic (exact) mass is 714 g/mol. The van der Waals surface area contributed by atoms with E-state index < -0.39 is 29.7 Å². The van der Waals surface area contributed by atoms with Crippen LogP contribution in [-0.4, -0.2) is 56.5 Å². The van der Waals surface area contributed by atoms with Crippen LogP contribution in [0.5, 0.6) is 0 Å². The minimum Gasteiger partial charge on any atom is -0.444 e. The van der Waals surface area contributed by atoms with E-state index in [9.17, 15) is 19.2 Å². The fraction of sp³-hybridized carbons (Fsp3) is 0.487. The van der Waals surface area contributed by atoms with Gasteiger partial charge in [-0.05, 0) is 63.1 Å². The first-order valence-electron chi connectivity index (χ1n) is 18.1. The Balaban J connectivity index is 1.47. The second-order valence-corrected chi connectivity index (χ2v) is 14.6. The lowest BCUT2D eigenvalue weighted by atomic mass is 9.89. The zero-order chi connectivity index (χ0) is 38.0. The predicted octanol–water partition coefficient (Wildman–Crippen LogP) is 5.75. The number of primary amides is 1. The molecule has 0 bridgehead atoms. The van der Waals surface area contributed by atoms with E-state index in [4.69, 9.17) is 21.2 Å². The molecule has 4 rings (SSSR count). The first-order valence-corrected chi connectivity index (χ1v) is 18.1. The van der Waals surface area contributed by atoms with Gasteiger partial charge < -0.3 is 36.7 Å². The van der Waals surface area contributed by atoms with Gasteiger partial charge in [-0.3, -0.25) is 9.59 Å². The molecule has 2 atom stereocenters. The highest BCUT2D eigenvalue weighted by atomic mass is 16.6. The molecule has 13 nitrogen and oxygen atoms in total. The lowest BCUT2D eigenvalue weighted by molar-refractivity contribution is -0.131. The van der Waals surface area contributed by atoms with Gasteiger partial charge in [0.25, 0.3) is 0 Å². The van der Waals surface area contributed by atoms with Crippen LogP contribution in [0.25, 0.3) is 21.9 Å². The highest BCUT2D eigenvalue weighted by Crippen LogP contribution is 2.30. The van der Waals surface area contributed by atoms with Crippen molar-refractivity contribution in [3.05, 3.63) is 65.5 Å². The van der Waals surface area contributed by atoms with Gasteiger partial charge in [-0.2, -0.15) is 0 Å². The quantitative estimate of drug-likeness (QED) is 0.0853. The van der Waals surface area contributed by atoms with Crippen molar-refractivity contribution in [3.63, 3.8) is 0 Å². The van der Waals surface area contributed by atoms with E-state index in [1.807, 2.05) is 62.4 Å². The fourth-order valence-corrected chi connectivity index (χ4v) is 6.19. The number of ether oxygens (including phenoxy) is 1. The topological polar surface area (TPSA) is 196 Å². The van der Waals surface area contributed by atoms with Crippen molar-refractivity contribution in [1.82, 2.24) is 30.5 Å². The minimum absolute atomic E-state index is 0.0894. The van der Waals surface area contributed by atoms with Gasteiger partial charge in [-0.25, -0.2) is 19.6 Å². The summed E-state index contributed by atoms with van der Waals surface area (Å²) in [6.07, 6.45) is 2.85. The molecular weight excluding hydrogens is 660 g/mol. The number of anilines is 1. The lowest BCUT2D eigenvalue weighted by Crippen LogP contribution is -2.47. The van der Waals surface area contributed by atoms with Gasteiger partial charge in [0.1, 0.15) is 16.9 Å². The summed E-state index contributed by atoms with van der Waals surface area (Å²) in [5.41, 5.74) is 15.3. The number of aromatic nitrogens is 3. The van der Waals surface area contributed by atoms with Crippen molar-refractivity contribution in [3.8, 4) is 0 Å². The van der Waals surface area contributed by atoms with Crippen LogP contribution >= 0.6 is 0 Å². The largest absolute Gasteiger partial charge is 0.444 e. The van der Waals surface area contributed by atoms with E-state index in [0.29, 0.717) is 30.7 Å². The number of nitrogen functional groups attached to an aromatic ring is 1. The van der Waals surface area contributed by atoms with E-state index in [1.54, 1.807) is 20.8 Å². The molecular formula is C39H54N8O5. The molecule has 0 fully saturated rings. The van der Waals surface area contributed by atoms with Crippen LogP contribution in [-0.2, 0) is 33.8 Å². The van der Waals surface area contributed by atoms with Gasteiger partial charge in [-0.1, -0.05) is 69.7 Å². The number of para-hydroxylation sites is 1. The first-order chi connectivity index (χ1) is 24.7. The van der Waals surface area contributed by atoms with E-state index >= 15 is 0 Å². The maximum absolute atomic E-state index is 13.5. The number of fused-ring (bicyclic) bond motifs is 3. The number of rotatable bonds is 17. The highest BCUT2D eigenvalue weighted by Gasteiger charge is 2.31. The third-order valence-electron chi connectivity index (χ3n) is 8.81. The van der Waals surface area contributed by atoms with Crippen molar-refractivity contribution in [2.24, 2.45) is 17.6 Å². The number of carbonyl (C=O) groups is 4. The van der Waals surface area contributed by atoms with E-state index in [2.05, 4.69) is 32.4 Å². The van der Waals surface area contributed by atoms with Crippen molar-refractivity contribution >= 4 is 51.6 Å². The third-order valence-corrected chi connectivity index (χ3v) is 8.81. The zero-order valence-electron chi connectivity index (χ0n) is 31.3. The summed E-state index contributed by atoms with van der Waals surface area (Å²) in [5, 5.41) is 9.20. The number of nitrogens with one attached hydrogen (secondary N) is 3. The standard InChI is InChI=1S/C39H54N8O5/c1-7-8-15-31-45-33-34(28-13-9-10-14-29(28)44-35(33)40)47(31)23-26-18-16-25(17-19-26)22-43-36(49)27(12-11-20-42-37(41)50)21-30(48)32(24(2)3)46-38(51)52-39(4,5)6/h9-10,13-14,16-19,24,27,32H,7-8,11-12,15,20-23H2,1-6H3,(H2,40,44)(H,43,49)(H,46,51)(H3,41,42,50)/t27-,32+/m1/s1. The summed E-state index contributed by atoms with van der Waals surface area (Å²) in [4.78, 5) is 60.2. The van der Waals surface area contributed by atoms with Crippen molar-refractivity contribution in [1.29, 1.82) is 0 Å². The summed E-state index contributed by atoms with van der Waals surface area (Å²) in [7, 11) is 0. The van der Waals surface area contributed by atoms with Gasteiger partial charge in [0.15, 0.2) is 11.6 Å². The molecule has 7 N–H and O–H groups in total. The van der Waals surface area contributed by atoms with Crippen molar-refractivity contribution < 1.29 is 23.9 Å². The smallest absolute Gasteiger partial charge is 0.408 e. The first kappa shape index (κ1) is 39.6. The third kappa shape index (κ3) is 10.9. The maximum atomic E-state index is 13.5. The van der Waals surface area contributed by atoms with E-state index in [0.717, 1.165) is 52.6 Å². The molecule has 0 unspecified atom stereocenters. The summed E-state index contributed by atoms with van der Waals surface area (Å²) >= 11 is 0. The van der Waals surface area contributed by atoms with Gasteiger partial charge in [-0.15, -0.1) is 0 Å². The maximum Gasteiger partial charge on any atom is 0.408 e. The zero-order valence-corrected chi connectivity index (χ0v) is 31.3. The number of nitrogens with zero attached hydrogens (tertiary/aromatic N) is 3. The number of alkyl carbamates (subject to hydrolysis) is 1. The second-order valence-electron chi connectivity index (χ2n) is 14.6. The van der Waals surface area contributed by atoms with Crippen LogP contribution < -0.4 is 27.4 Å². The van der Waals surface area contributed by atoms with Crippen molar-refractivity contribution in [2.75, 3.05) is 12.3 Å². The highest BCUT2D eigenvalue weighted by molar-refractivity contribution is 6.06. The van der Waals surface area contributed by atoms with Crippen LogP contribution in [0.1, 0.15) is 90.6 Å². The van der Waals surface area contributed by atoms with Crippen LogP contribution in [0.4, 0.5) is 15.4 Å². The summed E-state index contributed by atoms with van der Waals surface area (Å²) < 4.78 is 7.60. The molecule has 2 aromatic carbocycles. The second kappa shape index (κ2) is 17.8. The SMILES string of the molecule is CCCCc1nc2c(N)nc3ccccc3c2n1Cc1ccc(CNC(=O)[C@H](CCCNC(N)=O)CC(=O)[C@@H](NC(=O)OC(C)(C)C)C(C)C)cc1. The molecule has 2 aromatic heterocycles. The normalized spacial score (nSPS) is 12.8. The van der Waals surface area contributed by atoms with E-state index in [-0.39, 0.29) is 37.1 Å². The Morgan fingerprint density at radius 2 is 1.63 bits per heavy atom. The fourth-order valence-electron chi connectivity index (χ4n) is 6.19. The van der Waals surface area contributed by atoms with E-state index in [1.165, 1.54) is 0 Å². The average molecular weight is 715 g/mol. The molecule has 4 amide bonds. The number of pyridine rings is 1. The number of ketones is 1. The molecule has 52 heavy (non-hydrogen) atoms. The predicted molar refractivity (Wildman–Crippen MR) is 203 cm³/mol. The Morgan fingerprint density at radius 3 is 2.29 bits per heavy atom. The average Bonchev–Trinajstić information content (AvgIpc) is 3.44. The van der Waals surface area contributed by atoms with Crippen LogP contribution in [0.2, 0.25) is 0 Å². The number of imidazole rings is 1. The number of benzene rings is 2. The molecule has 0 spiro atoms. The Bertz CT molecular complexity index is 1860. The lowest BCUT2D eigenvalue weighted by Gasteiger charge is -2.26. The number of unbranched alkanes of at least 4 members (excludes halogenated alkanes) is 1. The number of hydrogen-bond acceptors (Lipinski definition) is 8. The number of amides is 4. The van der Waals surface area contributed by atoms with Gasteiger partial charge in [0.05, 0.1) is 17.1 Å². The summed E-state index contributed by atoms with van der Waals surface area (Å²) in [6.45, 7) is 12.2. The molecule has 13 heteroatoms. The van der Waals surface area contributed by atoms with Gasteiger partial charge >= 0.3 is 12.1 Å². The molecule has 2 heterocycles. The Morgan fingerprint density at radius 1 is 0.942 bits per heavy atom. The Kier molecular flexibility index (Phi) is 13.6. The molecule has 0 aliphatic carbocycles. The summed E-state index contributed by atoms with van der Waals surface area (Å²) in [6, 6.07) is 14.5. The minimum atomic E-state index is -0.831. The van der Waals surface area contributed by atoms with Crippen LogP contribution in [0.3, 0.4) is 0 Å². The molecule has 280 valence electrons. The molecule has 0 aliphatic heterocycles. The molecule has 0 aliphatic rings. The molecule has 0 saturated carbocycles. The molecule has 0 radical (unpaired) electrons. The summed E-state index contributed by atoms with van der Waals surface area (Å²) in [5.74, 6) is -0.0979. The number of hydrogen-bond donors (Lipinski definition) is 5.